The van der Waals surface area contributed by atoms with Crippen LogP contribution in [0.4, 0.5) is 10.1 Å². The summed E-state index contributed by atoms with van der Waals surface area (Å²) in [5.41, 5.74) is 5.93. The van der Waals surface area contributed by atoms with E-state index in [1.165, 1.54) is 30.5 Å². The van der Waals surface area contributed by atoms with Crippen molar-refractivity contribution in [1.29, 1.82) is 5.26 Å². The van der Waals surface area contributed by atoms with Crippen molar-refractivity contribution in [2.45, 2.75) is 0 Å². The summed E-state index contributed by atoms with van der Waals surface area (Å²) in [5, 5.41) is 8.83. The highest BCUT2D eigenvalue weighted by atomic mass is 35.5. The van der Waals surface area contributed by atoms with Crippen LogP contribution >= 0.6 is 11.6 Å². The van der Waals surface area contributed by atoms with Crippen LogP contribution in [-0.4, -0.2) is 4.98 Å². The number of nitrogen functional groups attached to an aromatic ring is 1. The summed E-state index contributed by atoms with van der Waals surface area (Å²) in [7, 11) is 0. The number of nitriles is 1. The van der Waals surface area contributed by atoms with Gasteiger partial charge < -0.3 is 10.5 Å². The summed E-state index contributed by atoms with van der Waals surface area (Å²) in [4.78, 5) is 3.84. The first-order valence-corrected chi connectivity index (χ1v) is 5.27. The van der Waals surface area contributed by atoms with Crippen LogP contribution in [0.5, 0.6) is 11.6 Å². The molecule has 1 aromatic heterocycles. The summed E-state index contributed by atoms with van der Waals surface area (Å²) >= 11 is 5.62. The van der Waals surface area contributed by atoms with Crippen LogP contribution in [0.1, 0.15) is 5.56 Å². The molecular formula is C12H7ClFN3O. The number of halogens is 2. The van der Waals surface area contributed by atoms with Gasteiger partial charge in [0.05, 0.1) is 16.9 Å². The molecule has 1 heterocycles. The molecule has 0 saturated carbocycles. The molecule has 0 aliphatic rings. The Morgan fingerprint density at radius 3 is 2.94 bits per heavy atom. The highest BCUT2D eigenvalue weighted by Crippen LogP contribution is 2.29. The fourth-order valence-corrected chi connectivity index (χ4v) is 1.46. The second-order valence-corrected chi connectivity index (χ2v) is 3.79. The summed E-state index contributed by atoms with van der Waals surface area (Å²) in [6, 6.07) is 7.58. The van der Waals surface area contributed by atoms with Crippen molar-refractivity contribution in [1.82, 2.24) is 4.98 Å². The molecule has 0 aliphatic heterocycles. The van der Waals surface area contributed by atoms with E-state index >= 15 is 0 Å². The highest BCUT2D eigenvalue weighted by molar-refractivity contribution is 6.30. The average Bonchev–Trinajstić information content (AvgIpc) is 2.37. The van der Waals surface area contributed by atoms with E-state index in [0.29, 0.717) is 5.69 Å². The molecule has 0 spiro atoms. The molecule has 4 nitrogen and oxygen atoms in total. The number of benzene rings is 1. The second-order valence-electron chi connectivity index (χ2n) is 3.39. The topological polar surface area (TPSA) is 71.9 Å². The van der Waals surface area contributed by atoms with Crippen molar-refractivity contribution >= 4 is 17.3 Å². The molecule has 0 aliphatic carbocycles. The van der Waals surface area contributed by atoms with Crippen LogP contribution < -0.4 is 10.5 Å². The van der Waals surface area contributed by atoms with Gasteiger partial charge in [-0.1, -0.05) is 17.7 Å². The minimum Gasteiger partial charge on any atom is -0.435 e. The molecule has 0 atom stereocenters. The maximum atomic E-state index is 13.6. The van der Waals surface area contributed by atoms with Crippen LogP contribution in [0.25, 0.3) is 0 Å². The standard InChI is InChI=1S/C12H7ClFN3O/c13-9-2-1-3-10(11(9)14)18-12-7(5-15)4-8(16)6-17-12/h1-4,6H,16H2. The molecule has 0 saturated heterocycles. The fourth-order valence-electron chi connectivity index (χ4n) is 1.30. The monoisotopic (exact) mass is 263 g/mol. The second kappa shape index (κ2) is 4.90. The number of anilines is 1. The minimum absolute atomic E-state index is 0.0205. The van der Waals surface area contributed by atoms with E-state index in [2.05, 4.69) is 4.98 Å². The van der Waals surface area contributed by atoms with Crippen LogP contribution in [-0.2, 0) is 0 Å². The third-order valence-electron chi connectivity index (χ3n) is 2.12. The van der Waals surface area contributed by atoms with Gasteiger partial charge in [0.1, 0.15) is 11.6 Å². The maximum Gasteiger partial charge on any atom is 0.237 e. The van der Waals surface area contributed by atoms with Gasteiger partial charge in [0.2, 0.25) is 5.88 Å². The Morgan fingerprint density at radius 2 is 2.22 bits per heavy atom. The van der Waals surface area contributed by atoms with Crippen LogP contribution in [0.2, 0.25) is 5.02 Å². The molecule has 2 N–H and O–H groups in total. The van der Waals surface area contributed by atoms with E-state index in [0.717, 1.165) is 0 Å². The van der Waals surface area contributed by atoms with Gasteiger partial charge in [0, 0.05) is 0 Å². The van der Waals surface area contributed by atoms with Crippen molar-refractivity contribution in [2.75, 3.05) is 5.73 Å². The Kier molecular flexibility index (Phi) is 3.31. The van der Waals surface area contributed by atoms with E-state index < -0.39 is 5.82 Å². The van der Waals surface area contributed by atoms with Crippen molar-refractivity contribution < 1.29 is 9.13 Å². The number of pyridine rings is 1. The van der Waals surface area contributed by atoms with Gasteiger partial charge in [0.15, 0.2) is 11.6 Å². The summed E-state index contributed by atoms with van der Waals surface area (Å²) in [6.07, 6.45) is 1.32. The zero-order chi connectivity index (χ0) is 13.1. The highest BCUT2D eigenvalue weighted by Gasteiger charge is 2.12. The van der Waals surface area contributed by atoms with E-state index in [4.69, 9.17) is 27.3 Å². The molecule has 18 heavy (non-hydrogen) atoms. The lowest BCUT2D eigenvalue weighted by Gasteiger charge is -2.08. The predicted octanol–water partition coefficient (Wildman–Crippen LogP) is 3.12. The van der Waals surface area contributed by atoms with E-state index in [-0.39, 0.29) is 22.2 Å². The van der Waals surface area contributed by atoms with Gasteiger partial charge >= 0.3 is 0 Å². The number of nitrogens with two attached hydrogens (primary N) is 1. The number of rotatable bonds is 2. The largest absolute Gasteiger partial charge is 0.435 e. The molecule has 1 aromatic carbocycles. The number of hydrogen-bond donors (Lipinski definition) is 1. The molecule has 90 valence electrons. The van der Waals surface area contributed by atoms with Gasteiger partial charge in [0.25, 0.3) is 0 Å². The lowest BCUT2D eigenvalue weighted by atomic mass is 10.2. The van der Waals surface area contributed by atoms with Crippen molar-refractivity contribution in [2.24, 2.45) is 0 Å². The van der Waals surface area contributed by atoms with Crippen molar-refractivity contribution in [3.8, 4) is 17.7 Å². The molecule has 2 aromatic rings. The van der Waals surface area contributed by atoms with Crippen LogP contribution in [0.3, 0.4) is 0 Å². The van der Waals surface area contributed by atoms with E-state index in [1.54, 1.807) is 0 Å². The molecule has 0 unspecified atom stereocenters. The van der Waals surface area contributed by atoms with Gasteiger partial charge in [-0.2, -0.15) is 5.26 Å². The molecular weight excluding hydrogens is 257 g/mol. The SMILES string of the molecule is N#Cc1cc(N)cnc1Oc1cccc(Cl)c1F. The zero-order valence-electron chi connectivity index (χ0n) is 9.02. The van der Waals surface area contributed by atoms with Crippen LogP contribution in [0.15, 0.2) is 30.5 Å². The smallest absolute Gasteiger partial charge is 0.237 e. The Morgan fingerprint density at radius 1 is 1.44 bits per heavy atom. The molecule has 0 fully saturated rings. The number of aromatic nitrogens is 1. The zero-order valence-corrected chi connectivity index (χ0v) is 9.78. The first-order chi connectivity index (χ1) is 8.61. The van der Waals surface area contributed by atoms with Crippen molar-refractivity contribution in [3.05, 3.63) is 46.9 Å². The Bertz CT molecular complexity index is 640. The first-order valence-electron chi connectivity index (χ1n) is 4.89. The van der Waals surface area contributed by atoms with E-state index in [9.17, 15) is 4.39 Å². The Hall–Kier alpha value is -2.32. The third kappa shape index (κ3) is 2.34. The molecule has 0 bridgehead atoms. The summed E-state index contributed by atoms with van der Waals surface area (Å²) in [5.74, 6) is -0.828. The predicted molar refractivity (Wildman–Crippen MR) is 64.8 cm³/mol. The maximum absolute atomic E-state index is 13.6. The quantitative estimate of drug-likeness (QED) is 0.903. The average molecular weight is 264 g/mol. The number of hydrogen-bond acceptors (Lipinski definition) is 4. The molecule has 2 rings (SSSR count). The van der Waals surface area contributed by atoms with Gasteiger partial charge in [-0.25, -0.2) is 9.37 Å². The van der Waals surface area contributed by atoms with Gasteiger partial charge in [-0.15, -0.1) is 0 Å². The van der Waals surface area contributed by atoms with Gasteiger partial charge in [-0.3, -0.25) is 0 Å². The third-order valence-corrected chi connectivity index (χ3v) is 2.41. The van der Waals surface area contributed by atoms with Gasteiger partial charge in [-0.05, 0) is 18.2 Å². The lowest BCUT2D eigenvalue weighted by Crippen LogP contribution is -1.96. The summed E-state index contributed by atoms with van der Waals surface area (Å²) in [6.45, 7) is 0. The molecule has 0 amide bonds. The molecule has 6 heteroatoms. The minimum atomic E-state index is -0.707. The van der Waals surface area contributed by atoms with Crippen molar-refractivity contribution in [3.63, 3.8) is 0 Å². The van der Waals surface area contributed by atoms with E-state index in [1.807, 2.05) is 6.07 Å². The first kappa shape index (κ1) is 12.1. The lowest BCUT2D eigenvalue weighted by molar-refractivity contribution is 0.426. The Balaban J connectivity index is 2.41. The van der Waals surface area contributed by atoms with Crippen LogP contribution in [0, 0.1) is 17.1 Å². The Labute approximate surface area is 107 Å². The fraction of sp³-hybridized carbons (Fsp3) is 0. The number of nitrogens with zero attached hydrogens (tertiary/aromatic N) is 2. The summed E-state index contributed by atoms with van der Waals surface area (Å²) < 4.78 is 18.8. The normalized spacial score (nSPS) is 9.83. The number of ether oxygens (including phenoxy) is 1. The molecule has 0 radical (unpaired) electrons.